The van der Waals surface area contributed by atoms with Gasteiger partial charge in [-0.25, -0.2) is 0 Å². The first-order valence-electron chi connectivity index (χ1n) is 4.19. The van der Waals surface area contributed by atoms with Gasteiger partial charge in [-0.3, -0.25) is 5.10 Å². The highest BCUT2D eigenvalue weighted by molar-refractivity contribution is 7.99. The highest BCUT2D eigenvalue weighted by atomic mass is 35.5. The molecule has 0 aliphatic heterocycles. The molecule has 0 spiro atoms. The van der Waals surface area contributed by atoms with Crippen molar-refractivity contribution in [2.75, 3.05) is 0 Å². The van der Waals surface area contributed by atoms with Crippen LogP contribution in [0, 0.1) is 6.92 Å². The molecule has 0 saturated heterocycles. The van der Waals surface area contributed by atoms with Crippen LogP contribution in [-0.4, -0.2) is 10.2 Å². The molecule has 1 N–H and O–H groups in total. The minimum absolute atomic E-state index is 0.762. The highest BCUT2D eigenvalue weighted by Gasteiger charge is 2.02. The third-order valence-corrected chi connectivity index (χ3v) is 3.22. The molecule has 0 unspecified atom stereocenters. The zero-order valence-electron chi connectivity index (χ0n) is 7.62. The van der Waals surface area contributed by atoms with E-state index in [1.54, 1.807) is 11.8 Å². The lowest BCUT2D eigenvalue weighted by Crippen LogP contribution is -1.74. The van der Waals surface area contributed by atoms with Crippen molar-refractivity contribution >= 4 is 23.4 Å². The predicted octanol–water partition coefficient (Wildman–Crippen LogP) is 3.52. The van der Waals surface area contributed by atoms with E-state index in [9.17, 15) is 0 Å². The Morgan fingerprint density at radius 1 is 1.29 bits per heavy atom. The molecule has 0 fully saturated rings. The molecular formula is C10H9ClN2S. The zero-order chi connectivity index (χ0) is 9.97. The summed E-state index contributed by atoms with van der Waals surface area (Å²) in [6.45, 7) is 2.01. The van der Waals surface area contributed by atoms with E-state index < -0.39 is 0 Å². The van der Waals surface area contributed by atoms with Gasteiger partial charge in [0.15, 0.2) is 0 Å². The van der Waals surface area contributed by atoms with Gasteiger partial charge in [0.05, 0.1) is 11.1 Å². The van der Waals surface area contributed by atoms with Crippen molar-refractivity contribution in [3.05, 3.63) is 41.2 Å². The second kappa shape index (κ2) is 4.07. The van der Waals surface area contributed by atoms with Crippen LogP contribution in [-0.2, 0) is 0 Å². The number of nitrogens with one attached hydrogen (secondary N) is 1. The predicted molar refractivity (Wildman–Crippen MR) is 58.9 cm³/mol. The fourth-order valence-electron chi connectivity index (χ4n) is 1.07. The molecule has 0 amide bonds. The Hall–Kier alpha value is -0.930. The molecular weight excluding hydrogens is 216 g/mol. The van der Waals surface area contributed by atoms with Crippen molar-refractivity contribution in [2.24, 2.45) is 0 Å². The van der Waals surface area contributed by atoms with Gasteiger partial charge in [-0.1, -0.05) is 23.4 Å². The maximum absolute atomic E-state index is 5.80. The standard InChI is InChI=1S/C10H9ClN2S/c1-7-10(6-12-13-7)14-9-4-2-8(11)3-5-9/h2-6H,1H3,(H,12,13). The lowest BCUT2D eigenvalue weighted by molar-refractivity contribution is 1.04. The maximum atomic E-state index is 5.80. The molecule has 0 aliphatic carbocycles. The summed E-state index contributed by atoms with van der Waals surface area (Å²) in [5.74, 6) is 0. The Bertz CT molecular complexity index is 422. The van der Waals surface area contributed by atoms with E-state index in [4.69, 9.17) is 11.6 Å². The third kappa shape index (κ3) is 2.11. The molecule has 72 valence electrons. The molecule has 0 aliphatic rings. The topological polar surface area (TPSA) is 28.7 Å². The fraction of sp³-hybridized carbons (Fsp3) is 0.100. The molecule has 0 saturated carbocycles. The van der Waals surface area contributed by atoms with Crippen LogP contribution in [0.25, 0.3) is 0 Å². The lowest BCUT2D eigenvalue weighted by Gasteiger charge is -1.99. The normalized spacial score (nSPS) is 10.4. The number of rotatable bonds is 2. The Morgan fingerprint density at radius 2 is 2.00 bits per heavy atom. The van der Waals surface area contributed by atoms with Crippen LogP contribution in [0.15, 0.2) is 40.3 Å². The molecule has 4 heteroatoms. The van der Waals surface area contributed by atoms with Gasteiger partial charge in [-0.15, -0.1) is 0 Å². The minimum atomic E-state index is 0.762. The van der Waals surface area contributed by atoms with E-state index in [0.29, 0.717) is 0 Å². The number of H-pyrrole nitrogens is 1. The van der Waals surface area contributed by atoms with Crippen LogP contribution >= 0.6 is 23.4 Å². The van der Waals surface area contributed by atoms with E-state index in [0.717, 1.165) is 15.6 Å². The zero-order valence-corrected chi connectivity index (χ0v) is 9.19. The number of aromatic amines is 1. The van der Waals surface area contributed by atoms with E-state index in [1.807, 2.05) is 37.4 Å². The van der Waals surface area contributed by atoms with Gasteiger partial charge >= 0.3 is 0 Å². The summed E-state index contributed by atoms with van der Waals surface area (Å²) in [7, 11) is 0. The van der Waals surface area contributed by atoms with Crippen molar-refractivity contribution in [2.45, 2.75) is 16.7 Å². The number of halogens is 1. The largest absolute Gasteiger partial charge is 0.282 e. The SMILES string of the molecule is Cc1[nH]ncc1Sc1ccc(Cl)cc1. The van der Waals surface area contributed by atoms with Crippen LogP contribution in [0.5, 0.6) is 0 Å². The first-order chi connectivity index (χ1) is 6.75. The molecule has 14 heavy (non-hydrogen) atoms. The van der Waals surface area contributed by atoms with E-state index >= 15 is 0 Å². The van der Waals surface area contributed by atoms with E-state index in [1.165, 1.54) is 4.90 Å². The monoisotopic (exact) mass is 224 g/mol. The van der Waals surface area contributed by atoms with Crippen molar-refractivity contribution in [1.29, 1.82) is 0 Å². The number of nitrogens with zero attached hydrogens (tertiary/aromatic N) is 1. The fourth-order valence-corrected chi connectivity index (χ4v) is 2.03. The Balaban J connectivity index is 2.19. The summed E-state index contributed by atoms with van der Waals surface area (Å²) in [6.07, 6.45) is 1.83. The van der Waals surface area contributed by atoms with Crippen LogP contribution in [0.1, 0.15) is 5.69 Å². The molecule has 0 radical (unpaired) electrons. The lowest BCUT2D eigenvalue weighted by atomic mass is 10.4. The van der Waals surface area contributed by atoms with Crippen LogP contribution in [0.3, 0.4) is 0 Å². The Labute approximate surface area is 91.7 Å². The van der Waals surface area contributed by atoms with Gasteiger partial charge in [0.1, 0.15) is 0 Å². The van der Waals surface area contributed by atoms with Crippen LogP contribution in [0.4, 0.5) is 0 Å². The van der Waals surface area contributed by atoms with Gasteiger partial charge in [0, 0.05) is 15.6 Å². The average Bonchev–Trinajstić information content (AvgIpc) is 2.56. The second-order valence-corrected chi connectivity index (χ2v) is 4.47. The third-order valence-electron chi connectivity index (χ3n) is 1.83. The molecule has 1 aromatic carbocycles. The summed E-state index contributed by atoms with van der Waals surface area (Å²) in [5.41, 5.74) is 1.09. The first-order valence-corrected chi connectivity index (χ1v) is 5.38. The van der Waals surface area contributed by atoms with Gasteiger partial charge in [0.25, 0.3) is 0 Å². The van der Waals surface area contributed by atoms with Gasteiger partial charge in [-0.2, -0.15) is 5.10 Å². The molecule has 0 bridgehead atoms. The summed E-state index contributed by atoms with van der Waals surface area (Å²) < 4.78 is 0. The Morgan fingerprint density at radius 3 is 2.57 bits per heavy atom. The van der Waals surface area contributed by atoms with E-state index in [-0.39, 0.29) is 0 Å². The van der Waals surface area contributed by atoms with Crippen molar-refractivity contribution in [3.8, 4) is 0 Å². The summed E-state index contributed by atoms with van der Waals surface area (Å²) in [5, 5.41) is 7.63. The summed E-state index contributed by atoms with van der Waals surface area (Å²) >= 11 is 7.47. The molecule has 0 atom stereocenters. The smallest absolute Gasteiger partial charge is 0.0629 e. The Kier molecular flexibility index (Phi) is 2.79. The number of hydrogen-bond acceptors (Lipinski definition) is 2. The average molecular weight is 225 g/mol. The first kappa shape index (κ1) is 9.62. The van der Waals surface area contributed by atoms with Crippen molar-refractivity contribution in [3.63, 3.8) is 0 Å². The van der Waals surface area contributed by atoms with Gasteiger partial charge in [-0.05, 0) is 31.2 Å². The summed E-state index contributed by atoms with van der Waals surface area (Å²) in [6, 6.07) is 7.78. The van der Waals surface area contributed by atoms with Crippen LogP contribution in [0.2, 0.25) is 5.02 Å². The molecule has 2 rings (SSSR count). The minimum Gasteiger partial charge on any atom is -0.282 e. The second-order valence-electron chi connectivity index (χ2n) is 2.92. The van der Waals surface area contributed by atoms with Gasteiger partial charge in [0.2, 0.25) is 0 Å². The molecule has 2 aromatic rings. The number of hydrogen-bond donors (Lipinski definition) is 1. The highest BCUT2D eigenvalue weighted by Crippen LogP contribution is 2.29. The van der Waals surface area contributed by atoms with E-state index in [2.05, 4.69) is 10.2 Å². The van der Waals surface area contributed by atoms with Crippen molar-refractivity contribution in [1.82, 2.24) is 10.2 Å². The maximum Gasteiger partial charge on any atom is 0.0629 e. The van der Waals surface area contributed by atoms with Crippen LogP contribution < -0.4 is 0 Å². The van der Waals surface area contributed by atoms with Gasteiger partial charge < -0.3 is 0 Å². The number of benzene rings is 1. The molecule has 2 nitrogen and oxygen atoms in total. The molecule has 1 aromatic heterocycles. The molecule has 1 heterocycles. The number of aromatic nitrogens is 2. The van der Waals surface area contributed by atoms with Crippen molar-refractivity contribution < 1.29 is 0 Å². The number of aryl methyl sites for hydroxylation is 1. The quantitative estimate of drug-likeness (QED) is 0.846. The summed E-state index contributed by atoms with van der Waals surface area (Å²) in [4.78, 5) is 2.31.